The van der Waals surface area contributed by atoms with Crippen molar-refractivity contribution in [3.05, 3.63) is 46.6 Å². The van der Waals surface area contributed by atoms with Crippen LogP contribution in [0, 0.1) is 0 Å². The van der Waals surface area contributed by atoms with Gasteiger partial charge in [-0.2, -0.15) is 13.2 Å². The van der Waals surface area contributed by atoms with E-state index in [1.807, 2.05) is 0 Å². The van der Waals surface area contributed by atoms with Crippen LogP contribution in [0.1, 0.15) is 19.2 Å². The normalized spacial score (nSPS) is 11.8. The minimum absolute atomic E-state index is 0.155. The standard InChI is InChI=1S/C12H12F3N3O/c1-2-8-17-11(19)18(9-6-4-3-5-7-9)10(16-17)12(13,14)15/h3-7H,2,8H2,1H3. The molecule has 1 aromatic heterocycles. The van der Waals surface area contributed by atoms with Gasteiger partial charge in [0, 0.05) is 6.54 Å². The summed E-state index contributed by atoms with van der Waals surface area (Å²) in [7, 11) is 0. The molecule has 0 aliphatic heterocycles. The number of halogens is 3. The summed E-state index contributed by atoms with van der Waals surface area (Å²) in [5.74, 6) is -1.20. The van der Waals surface area contributed by atoms with E-state index in [4.69, 9.17) is 0 Å². The lowest BCUT2D eigenvalue weighted by Gasteiger charge is -2.07. The summed E-state index contributed by atoms with van der Waals surface area (Å²) in [4.78, 5) is 12.0. The zero-order valence-corrected chi connectivity index (χ0v) is 10.2. The molecule has 0 radical (unpaired) electrons. The summed E-state index contributed by atoms with van der Waals surface area (Å²) in [6, 6.07) is 7.68. The molecule has 0 N–H and O–H groups in total. The molecule has 2 rings (SSSR count). The van der Waals surface area contributed by atoms with E-state index >= 15 is 0 Å². The Labute approximate surface area is 107 Å². The van der Waals surface area contributed by atoms with Gasteiger partial charge in [-0.1, -0.05) is 25.1 Å². The number of hydrogen-bond acceptors (Lipinski definition) is 2. The Morgan fingerprint density at radius 3 is 2.37 bits per heavy atom. The summed E-state index contributed by atoms with van der Waals surface area (Å²) in [6.45, 7) is 1.92. The molecule has 0 atom stereocenters. The van der Waals surface area contributed by atoms with Crippen molar-refractivity contribution in [1.29, 1.82) is 0 Å². The Morgan fingerprint density at radius 2 is 1.84 bits per heavy atom. The maximum Gasteiger partial charge on any atom is 0.452 e. The second kappa shape index (κ2) is 4.91. The van der Waals surface area contributed by atoms with Crippen molar-refractivity contribution >= 4 is 0 Å². The first-order valence-electron chi connectivity index (χ1n) is 5.77. The highest BCUT2D eigenvalue weighted by molar-refractivity contribution is 5.32. The van der Waals surface area contributed by atoms with Crippen molar-refractivity contribution in [2.24, 2.45) is 0 Å². The number of nitrogens with zero attached hydrogens (tertiary/aromatic N) is 3. The predicted octanol–water partition coefficient (Wildman–Crippen LogP) is 2.46. The molecule has 0 saturated heterocycles. The Kier molecular flexibility index (Phi) is 3.46. The Balaban J connectivity index is 2.67. The molecule has 0 bridgehead atoms. The summed E-state index contributed by atoms with van der Waals surface area (Å²) in [5, 5.41) is 3.39. The molecule has 0 fully saturated rings. The molecule has 0 amide bonds. The molecule has 0 aliphatic carbocycles. The largest absolute Gasteiger partial charge is 0.452 e. The van der Waals surface area contributed by atoms with Gasteiger partial charge in [0.15, 0.2) is 0 Å². The van der Waals surface area contributed by atoms with Gasteiger partial charge in [-0.05, 0) is 18.6 Å². The van der Waals surface area contributed by atoms with E-state index in [1.54, 1.807) is 25.1 Å². The molecule has 4 nitrogen and oxygen atoms in total. The molecule has 0 aliphatic rings. The van der Waals surface area contributed by atoms with Gasteiger partial charge >= 0.3 is 11.9 Å². The van der Waals surface area contributed by atoms with Crippen LogP contribution >= 0.6 is 0 Å². The number of para-hydroxylation sites is 1. The second-order valence-electron chi connectivity index (χ2n) is 4.00. The third-order valence-corrected chi connectivity index (χ3v) is 2.54. The molecule has 0 unspecified atom stereocenters. The summed E-state index contributed by atoms with van der Waals surface area (Å²) >= 11 is 0. The van der Waals surface area contributed by atoms with Crippen molar-refractivity contribution in [1.82, 2.24) is 14.3 Å². The Morgan fingerprint density at radius 1 is 1.21 bits per heavy atom. The number of aromatic nitrogens is 3. The molecule has 1 heterocycles. The average molecular weight is 271 g/mol. The highest BCUT2D eigenvalue weighted by Gasteiger charge is 2.39. The lowest BCUT2D eigenvalue weighted by atomic mass is 10.3. The van der Waals surface area contributed by atoms with E-state index in [0.717, 1.165) is 4.68 Å². The fraction of sp³-hybridized carbons (Fsp3) is 0.333. The van der Waals surface area contributed by atoms with Gasteiger partial charge in [0.2, 0.25) is 5.82 Å². The molecular formula is C12H12F3N3O. The second-order valence-corrected chi connectivity index (χ2v) is 4.00. The monoisotopic (exact) mass is 271 g/mol. The highest BCUT2D eigenvalue weighted by Crippen LogP contribution is 2.28. The quantitative estimate of drug-likeness (QED) is 0.860. The molecule has 1 aromatic carbocycles. The van der Waals surface area contributed by atoms with Crippen molar-refractivity contribution in [2.45, 2.75) is 26.1 Å². The van der Waals surface area contributed by atoms with Crippen LogP contribution in [0.25, 0.3) is 5.69 Å². The van der Waals surface area contributed by atoms with Crippen molar-refractivity contribution in [2.75, 3.05) is 0 Å². The van der Waals surface area contributed by atoms with Gasteiger partial charge in [0.1, 0.15) is 0 Å². The van der Waals surface area contributed by atoms with Crippen LogP contribution in [0.2, 0.25) is 0 Å². The Bertz CT molecular complexity index is 613. The molecule has 0 spiro atoms. The van der Waals surface area contributed by atoms with Crippen LogP contribution in [0.5, 0.6) is 0 Å². The van der Waals surface area contributed by atoms with Crippen LogP contribution in [0.4, 0.5) is 13.2 Å². The maximum atomic E-state index is 12.9. The zero-order chi connectivity index (χ0) is 14.0. The fourth-order valence-corrected chi connectivity index (χ4v) is 1.76. The smallest absolute Gasteiger partial charge is 0.246 e. The summed E-state index contributed by atoms with van der Waals surface area (Å²) in [5.41, 5.74) is -0.623. The van der Waals surface area contributed by atoms with Crippen LogP contribution in [0.3, 0.4) is 0 Å². The highest BCUT2D eigenvalue weighted by atomic mass is 19.4. The topological polar surface area (TPSA) is 39.8 Å². The molecular weight excluding hydrogens is 259 g/mol. The molecule has 19 heavy (non-hydrogen) atoms. The van der Waals surface area contributed by atoms with E-state index in [1.165, 1.54) is 12.1 Å². The average Bonchev–Trinajstić information content (AvgIpc) is 2.69. The summed E-state index contributed by atoms with van der Waals surface area (Å²) in [6.07, 6.45) is -4.14. The third kappa shape index (κ3) is 2.54. The lowest BCUT2D eigenvalue weighted by Crippen LogP contribution is -2.25. The molecule has 0 saturated carbocycles. The first kappa shape index (κ1) is 13.4. The van der Waals surface area contributed by atoms with Gasteiger partial charge in [0.25, 0.3) is 0 Å². The van der Waals surface area contributed by atoms with Crippen LogP contribution in [-0.2, 0) is 12.7 Å². The SMILES string of the molecule is CCCn1nc(C(F)(F)F)n(-c2ccccc2)c1=O. The minimum atomic E-state index is -4.67. The predicted molar refractivity (Wildman–Crippen MR) is 63.1 cm³/mol. The van der Waals surface area contributed by atoms with Crippen LogP contribution < -0.4 is 5.69 Å². The zero-order valence-electron chi connectivity index (χ0n) is 10.2. The van der Waals surface area contributed by atoms with Gasteiger partial charge in [-0.3, -0.25) is 0 Å². The third-order valence-electron chi connectivity index (χ3n) is 2.54. The molecule has 102 valence electrons. The van der Waals surface area contributed by atoms with Gasteiger partial charge in [0.05, 0.1) is 5.69 Å². The minimum Gasteiger partial charge on any atom is -0.246 e. The first-order valence-corrected chi connectivity index (χ1v) is 5.77. The van der Waals surface area contributed by atoms with Crippen molar-refractivity contribution in [3.8, 4) is 5.69 Å². The summed E-state index contributed by atoms with van der Waals surface area (Å²) < 4.78 is 40.2. The van der Waals surface area contributed by atoms with E-state index in [-0.39, 0.29) is 12.2 Å². The van der Waals surface area contributed by atoms with E-state index in [0.29, 0.717) is 11.0 Å². The van der Waals surface area contributed by atoms with E-state index in [2.05, 4.69) is 5.10 Å². The van der Waals surface area contributed by atoms with E-state index < -0.39 is 17.7 Å². The van der Waals surface area contributed by atoms with Gasteiger partial charge in [-0.15, -0.1) is 5.10 Å². The van der Waals surface area contributed by atoms with Crippen molar-refractivity contribution in [3.63, 3.8) is 0 Å². The van der Waals surface area contributed by atoms with Crippen molar-refractivity contribution < 1.29 is 13.2 Å². The number of benzene rings is 1. The lowest BCUT2D eigenvalue weighted by molar-refractivity contribution is -0.146. The Hall–Kier alpha value is -2.05. The molecule has 2 aromatic rings. The first-order chi connectivity index (χ1) is 8.95. The van der Waals surface area contributed by atoms with Gasteiger partial charge in [-0.25, -0.2) is 14.0 Å². The number of hydrogen-bond donors (Lipinski definition) is 0. The van der Waals surface area contributed by atoms with Crippen LogP contribution in [0.15, 0.2) is 35.1 Å². The molecule has 7 heteroatoms. The fourth-order valence-electron chi connectivity index (χ4n) is 1.76. The van der Waals surface area contributed by atoms with E-state index in [9.17, 15) is 18.0 Å². The maximum absolute atomic E-state index is 12.9. The number of rotatable bonds is 3. The number of aryl methyl sites for hydroxylation is 1. The van der Waals surface area contributed by atoms with Crippen LogP contribution in [-0.4, -0.2) is 14.3 Å². The van der Waals surface area contributed by atoms with Gasteiger partial charge < -0.3 is 0 Å². The number of alkyl halides is 3.